The van der Waals surface area contributed by atoms with Gasteiger partial charge < -0.3 is 11.1 Å². The van der Waals surface area contributed by atoms with Crippen LogP contribution in [0.4, 0.5) is 5.13 Å². The van der Waals surface area contributed by atoms with Gasteiger partial charge >= 0.3 is 0 Å². The lowest BCUT2D eigenvalue weighted by Gasteiger charge is -2.09. The molecule has 6 nitrogen and oxygen atoms in total. The van der Waals surface area contributed by atoms with Crippen molar-refractivity contribution < 1.29 is 13.2 Å². The van der Waals surface area contributed by atoms with Crippen molar-refractivity contribution in [2.45, 2.75) is 12.5 Å². The van der Waals surface area contributed by atoms with Gasteiger partial charge in [0.25, 0.3) is 0 Å². The first-order valence-corrected chi connectivity index (χ1v) is 9.54. The SMILES string of the molecule is CS(=O)(=O)CC[C@H](N)C(=O)Nc1nc(-c2ccccc2)cs1. The summed E-state index contributed by atoms with van der Waals surface area (Å²) in [5.74, 6) is -0.549. The first kappa shape index (κ1) is 16.6. The van der Waals surface area contributed by atoms with Gasteiger partial charge in [0.05, 0.1) is 17.5 Å². The molecule has 0 saturated carbocycles. The molecular weight excluding hydrogens is 322 g/mol. The normalized spacial score (nSPS) is 12.8. The molecule has 0 aliphatic carbocycles. The van der Waals surface area contributed by atoms with Crippen LogP contribution in [0.15, 0.2) is 35.7 Å². The maximum absolute atomic E-state index is 11.9. The van der Waals surface area contributed by atoms with Crippen LogP contribution in [0.25, 0.3) is 11.3 Å². The molecule has 1 aromatic carbocycles. The number of nitrogens with two attached hydrogens (primary N) is 1. The Hall–Kier alpha value is -1.77. The number of nitrogens with one attached hydrogen (secondary N) is 1. The molecule has 2 rings (SSSR count). The average molecular weight is 339 g/mol. The minimum absolute atomic E-state index is 0.0849. The minimum atomic E-state index is -3.13. The predicted octanol–water partition coefficient (Wildman–Crippen LogP) is 1.51. The van der Waals surface area contributed by atoms with Gasteiger partial charge in [-0.1, -0.05) is 30.3 Å². The summed E-state index contributed by atoms with van der Waals surface area (Å²) in [6.45, 7) is 0. The fourth-order valence-electron chi connectivity index (χ4n) is 1.74. The summed E-state index contributed by atoms with van der Waals surface area (Å²) in [5, 5.41) is 4.90. The van der Waals surface area contributed by atoms with E-state index in [4.69, 9.17) is 5.73 Å². The number of anilines is 1. The zero-order valence-electron chi connectivity index (χ0n) is 12.0. The molecule has 1 aromatic heterocycles. The van der Waals surface area contributed by atoms with Gasteiger partial charge in [-0.2, -0.15) is 0 Å². The number of rotatable bonds is 6. The van der Waals surface area contributed by atoms with Crippen molar-refractivity contribution in [3.63, 3.8) is 0 Å². The molecule has 0 saturated heterocycles. The standard InChI is InChI=1S/C14H17N3O3S2/c1-22(19,20)8-7-11(15)13(18)17-14-16-12(9-21-14)10-5-3-2-4-6-10/h2-6,9,11H,7-8,15H2,1H3,(H,16,17,18)/t11-/m0/s1. The monoisotopic (exact) mass is 339 g/mol. The van der Waals surface area contributed by atoms with Crippen LogP contribution < -0.4 is 11.1 Å². The Labute approximate surface area is 133 Å². The summed E-state index contributed by atoms with van der Waals surface area (Å²) in [6.07, 6.45) is 1.20. The van der Waals surface area contributed by atoms with Gasteiger partial charge in [-0.05, 0) is 6.42 Å². The molecule has 2 aromatic rings. The van der Waals surface area contributed by atoms with Crippen molar-refractivity contribution in [2.75, 3.05) is 17.3 Å². The van der Waals surface area contributed by atoms with E-state index < -0.39 is 21.8 Å². The molecule has 1 heterocycles. The van der Waals surface area contributed by atoms with Gasteiger partial charge in [0.2, 0.25) is 5.91 Å². The zero-order chi connectivity index (χ0) is 16.2. The van der Waals surface area contributed by atoms with Crippen molar-refractivity contribution in [3.8, 4) is 11.3 Å². The maximum atomic E-state index is 11.9. The Morgan fingerprint density at radius 2 is 2.05 bits per heavy atom. The van der Waals surface area contributed by atoms with E-state index >= 15 is 0 Å². The number of benzene rings is 1. The largest absolute Gasteiger partial charge is 0.320 e. The third-order valence-corrected chi connectivity index (χ3v) is 4.68. The quantitative estimate of drug-likeness (QED) is 0.830. The Kier molecular flexibility index (Phi) is 5.28. The Morgan fingerprint density at radius 3 is 2.68 bits per heavy atom. The predicted molar refractivity (Wildman–Crippen MR) is 88.5 cm³/mol. The number of carbonyl (C=O) groups excluding carboxylic acids is 1. The van der Waals surface area contributed by atoms with Gasteiger partial charge in [-0.25, -0.2) is 13.4 Å². The van der Waals surface area contributed by atoms with Crippen molar-refractivity contribution in [3.05, 3.63) is 35.7 Å². The summed E-state index contributed by atoms with van der Waals surface area (Å²) < 4.78 is 22.2. The molecule has 0 unspecified atom stereocenters. The first-order chi connectivity index (χ1) is 10.3. The summed E-state index contributed by atoms with van der Waals surface area (Å²) >= 11 is 1.30. The van der Waals surface area contributed by atoms with Crippen LogP contribution in [-0.2, 0) is 14.6 Å². The van der Waals surface area contributed by atoms with E-state index in [9.17, 15) is 13.2 Å². The van der Waals surface area contributed by atoms with E-state index in [2.05, 4.69) is 10.3 Å². The van der Waals surface area contributed by atoms with Crippen LogP contribution in [0.2, 0.25) is 0 Å². The fraction of sp³-hybridized carbons (Fsp3) is 0.286. The van der Waals surface area contributed by atoms with E-state index in [1.807, 2.05) is 35.7 Å². The Balaban J connectivity index is 1.96. The number of nitrogens with zero attached hydrogens (tertiary/aromatic N) is 1. The molecule has 118 valence electrons. The molecule has 0 aliphatic rings. The van der Waals surface area contributed by atoms with E-state index in [1.54, 1.807) is 0 Å². The Bertz CT molecular complexity index is 742. The van der Waals surface area contributed by atoms with Crippen molar-refractivity contribution >= 4 is 32.2 Å². The number of sulfone groups is 1. The summed E-state index contributed by atoms with van der Waals surface area (Å²) in [7, 11) is -3.13. The maximum Gasteiger partial charge on any atom is 0.243 e. The lowest BCUT2D eigenvalue weighted by atomic mass is 10.2. The van der Waals surface area contributed by atoms with E-state index in [0.29, 0.717) is 5.13 Å². The van der Waals surface area contributed by atoms with Crippen molar-refractivity contribution in [2.24, 2.45) is 5.73 Å². The number of amides is 1. The molecule has 0 radical (unpaired) electrons. The topological polar surface area (TPSA) is 102 Å². The minimum Gasteiger partial charge on any atom is -0.320 e. The van der Waals surface area contributed by atoms with E-state index in [0.717, 1.165) is 17.5 Å². The van der Waals surface area contributed by atoms with Crippen molar-refractivity contribution in [1.82, 2.24) is 4.98 Å². The second-order valence-corrected chi connectivity index (χ2v) is 8.04. The fourth-order valence-corrected chi connectivity index (χ4v) is 3.15. The van der Waals surface area contributed by atoms with Gasteiger partial charge in [-0.3, -0.25) is 4.79 Å². The van der Waals surface area contributed by atoms with Gasteiger partial charge in [0, 0.05) is 17.2 Å². The molecule has 1 atom stereocenters. The highest BCUT2D eigenvalue weighted by Gasteiger charge is 2.17. The molecule has 0 aliphatic heterocycles. The average Bonchev–Trinajstić information content (AvgIpc) is 2.93. The molecule has 0 fully saturated rings. The highest BCUT2D eigenvalue weighted by molar-refractivity contribution is 7.90. The summed E-state index contributed by atoms with van der Waals surface area (Å²) in [5.41, 5.74) is 7.42. The molecule has 22 heavy (non-hydrogen) atoms. The summed E-state index contributed by atoms with van der Waals surface area (Å²) in [4.78, 5) is 16.2. The highest BCUT2D eigenvalue weighted by atomic mass is 32.2. The third-order valence-electron chi connectivity index (χ3n) is 2.94. The van der Waals surface area contributed by atoms with Gasteiger partial charge in [0.1, 0.15) is 9.84 Å². The third kappa shape index (κ3) is 4.90. The lowest BCUT2D eigenvalue weighted by Crippen LogP contribution is -2.37. The number of aromatic nitrogens is 1. The molecule has 8 heteroatoms. The molecule has 3 N–H and O–H groups in total. The van der Waals surface area contributed by atoms with E-state index in [-0.39, 0.29) is 12.2 Å². The van der Waals surface area contributed by atoms with Gasteiger partial charge in [-0.15, -0.1) is 11.3 Å². The number of hydrogen-bond acceptors (Lipinski definition) is 6. The summed E-state index contributed by atoms with van der Waals surface area (Å²) in [6, 6.07) is 8.72. The second-order valence-electron chi connectivity index (χ2n) is 4.92. The van der Waals surface area contributed by atoms with Crippen LogP contribution >= 0.6 is 11.3 Å². The highest BCUT2D eigenvalue weighted by Crippen LogP contribution is 2.24. The van der Waals surface area contributed by atoms with Crippen LogP contribution in [0.1, 0.15) is 6.42 Å². The lowest BCUT2D eigenvalue weighted by molar-refractivity contribution is -0.117. The molecular formula is C14H17N3O3S2. The Morgan fingerprint density at radius 1 is 1.36 bits per heavy atom. The van der Waals surface area contributed by atoms with Crippen LogP contribution in [0.5, 0.6) is 0 Å². The molecule has 0 spiro atoms. The molecule has 0 bridgehead atoms. The number of hydrogen-bond donors (Lipinski definition) is 2. The van der Waals surface area contributed by atoms with Crippen LogP contribution in [0.3, 0.4) is 0 Å². The van der Waals surface area contributed by atoms with Crippen LogP contribution in [0, 0.1) is 0 Å². The molecule has 1 amide bonds. The second kappa shape index (κ2) is 6.99. The van der Waals surface area contributed by atoms with Crippen LogP contribution in [-0.4, -0.2) is 37.4 Å². The smallest absolute Gasteiger partial charge is 0.243 e. The van der Waals surface area contributed by atoms with E-state index in [1.165, 1.54) is 11.3 Å². The first-order valence-electron chi connectivity index (χ1n) is 6.60. The van der Waals surface area contributed by atoms with Gasteiger partial charge in [0.15, 0.2) is 5.13 Å². The zero-order valence-corrected chi connectivity index (χ0v) is 13.7. The number of thiazole rings is 1. The van der Waals surface area contributed by atoms with Crippen molar-refractivity contribution in [1.29, 1.82) is 0 Å². The number of carbonyl (C=O) groups is 1.